The van der Waals surface area contributed by atoms with Gasteiger partial charge < -0.3 is 16.3 Å². The maximum atomic E-state index is 12.2. The number of amidine groups is 1. The molecular weight excluding hydrogens is 254 g/mol. The van der Waals surface area contributed by atoms with Crippen LogP contribution in [0.15, 0.2) is 29.4 Å². The smallest absolute Gasteiger partial charge is 0.231 e. The third kappa shape index (κ3) is 3.10. The summed E-state index contributed by atoms with van der Waals surface area (Å²) in [4.78, 5) is 12.2. The summed E-state index contributed by atoms with van der Waals surface area (Å²) in [5, 5.41) is 14.7. The number of nitrogens with one attached hydrogen (secondary N) is 1. The molecule has 0 spiro atoms. The summed E-state index contributed by atoms with van der Waals surface area (Å²) >= 11 is 0. The molecule has 20 heavy (non-hydrogen) atoms. The molecule has 2 unspecified atom stereocenters. The highest BCUT2D eigenvalue weighted by atomic mass is 16.4. The number of carbonyl (C=O) groups is 1. The van der Waals surface area contributed by atoms with Gasteiger partial charge in [0.25, 0.3) is 0 Å². The molecule has 0 aromatic heterocycles. The van der Waals surface area contributed by atoms with E-state index >= 15 is 0 Å². The van der Waals surface area contributed by atoms with Crippen LogP contribution in [-0.4, -0.2) is 23.0 Å². The van der Waals surface area contributed by atoms with E-state index < -0.39 is 5.92 Å². The van der Waals surface area contributed by atoms with Gasteiger partial charge in [-0.1, -0.05) is 36.3 Å². The first-order valence-electron chi connectivity index (χ1n) is 7.00. The van der Waals surface area contributed by atoms with Gasteiger partial charge in [0.05, 0.1) is 5.92 Å². The Labute approximate surface area is 118 Å². The van der Waals surface area contributed by atoms with Crippen LogP contribution in [0.25, 0.3) is 0 Å². The van der Waals surface area contributed by atoms with Crippen molar-refractivity contribution in [2.45, 2.75) is 38.6 Å². The van der Waals surface area contributed by atoms with E-state index in [1.54, 1.807) is 0 Å². The van der Waals surface area contributed by atoms with Crippen molar-refractivity contribution in [1.29, 1.82) is 0 Å². The molecule has 1 amide bonds. The number of oxime groups is 1. The Morgan fingerprint density at radius 3 is 2.85 bits per heavy atom. The highest BCUT2D eigenvalue weighted by Gasteiger charge is 2.25. The average Bonchev–Trinajstić information content (AvgIpc) is 2.47. The van der Waals surface area contributed by atoms with E-state index in [0.29, 0.717) is 6.42 Å². The maximum absolute atomic E-state index is 12.2. The third-order valence-electron chi connectivity index (χ3n) is 3.89. The Hall–Kier alpha value is -2.04. The molecular formula is C15H21N3O2. The van der Waals surface area contributed by atoms with Crippen molar-refractivity contribution in [1.82, 2.24) is 5.32 Å². The second-order valence-corrected chi connectivity index (χ2v) is 5.20. The van der Waals surface area contributed by atoms with Crippen molar-refractivity contribution in [3.63, 3.8) is 0 Å². The van der Waals surface area contributed by atoms with Gasteiger partial charge in [-0.05, 0) is 36.8 Å². The van der Waals surface area contributed by atoms with E-state index in [9.17, 15) is 4.79 Å². The number of hydrogen-bond donors (Lipinski definition) is 3. The molecule has 0 radical (unpaired) electrons. The Morgan fingerprint density at radius 1 is 1.50 bits per heavy atom. The van der Waals surface area contributed by atoms with Crippen LogP contribution in [0.2, 0.25) is 0 Å². The summed E-state index contributed by atoms with van der Waals surface area (Å²) in [6.45, 7) is 1.85. The van der Waals surface area contributed by atoms with Crippen LogP contribution in [0, 0.1) is 5.92 Å². The second-order valence-electron chi connectivity index (χ2n) is 5.20. The number of nitrogens with zero attached hydrogens (tertiary/aromatic N) is 1. The van der Waals surface area contributed by atoms with Crippen molar-refractivity contribution in [2.75, 3.05) is 0 Å². The normalized spacial score (nSPS) is 20.1. The van der Waals surface area contributed by atoms with Crippen LogP contribution in [0.5, 0.6) is 0 Å². The fraction of sp³-hybridized carbons (Fsp3) is 0.467. The van der Waals surface area contributed by atoms with Crippen molar-refractivity contribution >= 4 is 11.7 Å². The number of hydrogen-bond acceptors (Lipinski definition) is 3. The largest absolute Gasteiger partial charge is 0.409 e. The summed E-state index contributed by atoms with van der Waals surface area (Å²) in [5.41, 5.74) is 8.20. The maximum Gasteiger partial charge on any atom is 0.231 e. The van der Waals surface area contributed by atoms with E-state index in [-0.39, 0.29) is 17.8 Å². The topological polar surface area (TPSA) is 87.7 Å². The third-order valence-corrected chi connectivity index (χ3v) is 3.89. The predicted molar refractivity (Wildman–Crippen MR) is 77.6 cm³/mol. The van der Waals surface area contributed by atoms with Gasteiger partial charge in [0, 0.05) is 6.04 Å². The van der Waals surface area contributed by atoms with Gasteiger partial charge in [0.2, 0.25) is 5.91 Å². The molecule has 1 aliphatic carbocycles. The summed E-state index contributed by atoms with van der Waals surface area (Å²) in [7, 11) is 0. The second kappa shape index (κ2) is 6.41. The van der Waals surface area contributed by atoms with Crippen molar-refractivity contribution < 1.29 is 10.0 Å². The minimum absolute atomic E-state index is 0.0267. The van der Waals surface area contributed by atoms with Crippen LogP contribution >= 0.6 is 0 Å². The molecule has 5 nitrogen and oxygen atoms in total. The standard InChI is InChI=1S/C15H21N3O2/c1-2-13(14(16)18-20)15(19)17-12-8-7-10-5-3-4-6-11(10)9-12/h3-6,12-13,20H,2,7-9H2,1H3,(H2,16,18)(H,17,19). The lowest BCUT2D eigenvalue weighted by atomic mass is 9.88. The van der Waals surface area contributed by atoms with Gasteiger partial charge in [-0.3, -0.25) is 4.79 Å². The fourth-order valence-corrected chi connectivity index (χ4v) is 2.72. The Bertz CT molecular complexity index is 514. The van der Waals surface area contributed by atoms with Crippen molar-refractivity contribution in [3.8, 4) is 0 Å². The molecule has 0 heterocycles. The summed E-state index contributed by atoms with van der Waals surface area (Å²) in [6.07, 6.45) is 3.26. The zero-order valence-electron chi connectivity index (χ0n) is 11.7. The van der Waals surface area contributed by atoms with Crippen molar-refractivity contribution in [2.24, 2.45) is 16.8 Å². The number of nitrogens with two attached hydrogens (primary N) is 1. The molecule has 2 atom stereocenters. The summed E-state index contributed by atoms with van der Waals surface area (Å²) in [6, 6.07) is 8.43. The van der Waals surface area contributed by atoms with E-state index in [1.807, 2.05) is 19.1 Å². The molecule has 1 aromatic carbocycles. The quantitative estimate of drug-likeness (QED) is 0.336. The number of fused-ring (bicyclic) bond motifs is 1. The van der Waals surface area contributed by atoms with Gasteiger partial charge in [0.15, 0.2) is 5.84 Å². The monoisotopic (exact) mass is 275 g/mol. The molecule has 1 aromatic rings. The molecule has 5 heteroatoms. The first-order chi connectivity index (χ1) is 9.65. The molecule has 1 aliphatic rings. The van der Waals surface area contributed by atoms with Crippen LogP contribution in [0.3, 0.4) is 0 Å². The Kier molecular flexibility index (Phi) is 4.61. The van der Waals surface area contributed by atoms with E-state index in [4.69, 9.17) is 10.9 Å². The van der Waals surface area contributed by atoms with Gasteiger partial charge in [-0.25, -0.2) is 0 Å². The van der Waals surface area contributed by atoms with Gasteiger partial charge in [0.1, 0.15) is 0 Å². The molecule has 0 fully saturated rings. The molecule has 0 aliphatic heterocycles. The van der Waals surface area contributed by atoms with Gasteiger partial charge >= 0.3 is 0 Å². The number of benzene rings is 1. The highest BCUT2D eigenvalue weighted by Crippen LogP contribution is 2.21. The van der Waals surface area contributed by atoms with Gasteiger partial charge in [-0.2, -0.15) is 0 Å². The summed E-state index contributed by atoms with van der Waals surface area (Å²) in [5.74, 6) is -0.745. The Morgan fingerprint density at radius 2 is 2.20 bits per heavy atom. The molecule has 4 N–H and O–H groups in total. The Balaban J connectivity index is 2.00. The van der Waals surface area contributed by atoms with Gasteiger partial charge in [-0.15, -0.1) is 0 Å². The number of rotatable bonds is 4. The first-order valence-corrected chi connectivity index (χ1v) is 7.00. The minimum atomic E-state index is -0.558. The van der Waals surface area contributed by atoms with E-state index in [0.717, 1.165) is 19.3 Å². The zero-order valence-corrected chi connectivity index (χ0v) is 11.7. The molecule has 108 valence electrons. The van der Waals surface area contributed by atoms with Crippen molar-refractivity contribution in [3.05, 3.63) is 35.4 Å². The highest BCUT2D eigenvalue weighted by molar-refractivity contribution is 6.02. The molecule has 2 rings (SSSR count). The lowest BCUT2D eigenvalue weighted by Gasteiger charge is -2.27. The van der Waals surface area contributed by atoms with Crippen LogP contribution in [0.4, 0.5) is 0 Å². The molecule has 0 bridgehead atoms. The van der Waals surface area contributed by atoms with E-state index in [2.05, 4.69) is 22.6 Å². The van der Waals surface area contributed by atoms with Crippen LogP contribution in [0.1, 0.15) is 30.9 Å². The lowest BCUT2D eigenvalue weighted by Crippen LogP contribution is -2.45. The first kappa shape index (κ1) is 14.4. The van der Waals surface area contributed by atoms with Crippen LogP contribution in [-0.2, 0) is 17.6 Å². The number of carbonyl (C=O) groups excluding carboxylic acids is 1. The van der Waals surface area contributed by atoms with E-state index in [1.165, 1.54) is 11.1 Å². The number of amides is 1. The average molecular weight is 275 g/mol. The summed E-state index contributed by atoms with van der Waals surface area (Å²) < 4.78 is 0. The lowest BCUT2D eigenvalue weighted by molar-refractivity contribution is -0.123. The fourth-order valence-electron chi connectivity index (χ4n) is 2.72. The number of aryl methyl sites for hydroxylation is 1. The predicted octanol–water partition coefficient (Wildman–Crippen LogP) is 1.43. The van der Waals surface area contributed by atoms with Crippen LogP contribution < -0.4 is 11.1 Å². The molecule has 0 saturated heterocycles. The minimum Gasteiger partial charge on any atom is -0.409 e. The SMILES string of the molecule is CCC(C(=O)NC1CCc2ccccc2C1)C(N)=NO. The molecule has 0 saturated carbocycles. The zero-order chi connectivity index (χ0) is 14.5.